The van der Waals surface area contributed by atoms with Crippen molar-refractivity contribution in [3.8, 4) is 0 Å². The predicted octanol–water partition coefficient (Wildman–Crippen LogP) is -0.140. The summed E-state index contributed by atoms with van der Waals surface area (Å²) in [5.41, 5.74) is 20.8. The number of hydrogen-bond donors (Lipinski definition) is 6. The van der Waals surface area contributed by atoms with Gasteiger partial charge in [-0.3, -0.25) is 0 Å². The van der Waals surface area contributed by atoms with Crippen molar-refractivity contribution in [3.05, 3.63) is 0 Å². The molecule has 0 saturated heterocycles. The normalized spacial score (nSPS) is 21.3. The third-order valence-electron chi connectivity index (χ3n) is 3.43. The Labute approximate surface area is 110 Å². The van der Waals surface area contributed by atoms with Crippen LogP contribution in [0.1, 0.15) is 51.4 Å². The quantitative estimate of drug-likeness (QED) is 0.292. The minimum absolute atomic E-state index is 0.392. The molecule has 108 valence electrons. The molecule has 0 bridgehead atoms. The zero-order chi connectivity index (χ0) is 13.3. The van der Waals surface area contributed by atoms with Gasteiger partial charge in [0.15, 0.2) is 0 Å². The smallest absolute Gasteiger partial charge is 0.100 e. The molecule has 18 heavy (non-hydrogen) atoms. The van der Waals surface area contributed by atoms with Crippen LogP contribution in [0.5, 0.6) is 0 Å². The van der Waals surface area contributed by atoms with Crippen molar-refractivity contribution in [2.45, 2.75) is 57.0 Å². The van der Waals surface area contributed by atoms with Gasteiger partial charge in [-0.25, -0.2) is 10.9 Å². The molecule has 1 aliphatic carbocycles. The van der Waals surface area contributed by atoms with Crippen molar-refractivity contribution in [1.29, 1.82) is 0 Å². The first-order valence-electron chi connectivity index (χ1n) is 6.92. The fraction of sp³-hybridized carbons (Fsp3) is 1.00. The average Bonchev–Trinajstić information content (AvgIpc) is 2.47. The van der Waals surface area contributed by atoms with E-state index >= 15 is 0 Å². The Morgan fingerprint density at radius 1 is 0.833 bits per heavy atom. The second-order valence-electron chi connectivity index (χ2n) is 4.91. The number of hydrogen-bond acceptors (Lipinski definition) is 7. The third-order valence-corrected chi connectivity index (χ3v) is 3.43. The Bertz CT molecular complexity index is 202. The Balaban J connectivity index is 2.61. The number of hydrazine groups is 5. The zero-order valence-electron chi connectivity index (χ0n) is 11.7. The molecule has 7 heteroatoms. The molecular formula is C11H29N7. The summed E-state index contributed by atoms with van der Waals surface area (Å²) < 4.78 is 0. The number of nitrogens with zero attached hydrogens (tertiary/aromatic N) is 1. The molecule has 0 unspecified atom stereocenters. The summed E-state index contributed by atoms with van der Waals surface area (Å²) in [6.45, 7) is 0. The molecule has 0 spiro atoms. The van der Waals surface area contributed by atoms with Crippen LogP contribution in [-0.2, 0) is 0 Å². The molecule has 0 amide bonds. The van der Waals surface area contributed by atoms with E-state index in [1.54, 1.807) is 7.05 Å². The van der Waals surface area contributed by atoms with Crippen LogP contribution in [0.25, 0.3) is 0 Å². The van der Waals surface area contributed by atoms with Crippen LogP contribution in [0.2, 0.25) is 0 Å². The molecule has 1 rings (SSSR count). The fourth-order valence-electron chi connectivity index (χ4n) is 2.39. The topological polar surface area (TPSA) is 89.4 Å². The molecule has 7 nitrogen and oxygen atoms in total. The zero-order valence-corrected chi connectivity index (χ0v) is 11.7. The van der Waals surface area contributed by atoms with Crippen LogP contribution in [0.4, 0.5) is 0 Å². The second kappa shape index (κ2) is 8.76. The minimum atomic E-state index is -0.392. The molecule has 7 N–H and O–H groups in total. The van der Waals surface area contributed by atoms with Crippen LogP contribution < -0.4 is 33.2 Å². The highest BCUT2D eigenvalue weighted by Gasteiger charge is 2.32. The van der Waals surface area contributed by atoms with E-state index in [2.05, 4.69) is 27.5 Å². The van der Waals surface area contributed by atoms with Crippen LogP contribution in [0.15, 0.2) is 0 Å². The lowest BCUT2D eigenvalue weighted by Crippen LogP contribution is -2.72. The highest BCUT2D eigenvalue weighted by molar-refractivity contribution is 4.81. The van der Waals surface area contributed by atoms with Crippen LogP contribution in [0, 0.1) is 0 Å². The highest BCUT2D eigenvalue weighted by atomic mass is 15.9. The summed E-state index contributed by atoms with van der Waals surface area (Å²) in [4.78, 5) is 0. The molecular weight excluding hydrogens is 230 g/mol. The van der Waals surface area contributed by atoms with Crippen molar-refractivity contribution < 1.29 is 0 Å². The Hall–Kier alpha value is -0.280. The highest BCUT2D eigenvalue weighted by Crippen LogP contribution is 2.24. The largest absolute Gasteiger partial charge is 0.311 e. The number of rotatable bonds is 6. The summed E-state index contributed by atoms with van der Waals surface area (Å²) in [7, 11) is 3.63. The van der Waals surface area contributed by atoms with Gasteiger partial charge in [-0.1, -0.05) is 38.5 Å². The summed E-state index contributed by atoms with van der Waals surface area (Å²) in [5.74, 6) is 0. The molecule has 0 aromatic heterocycles. The molecule has 0 radical (unpaired) electrons. The van der Waals surface area contributed by atoms with E-state index in [-0.39, 0.29) is 0 Å². The molecule has 0 aromatic rings. The molecule has 1 saturated carbocycles. The molecule has 0 heterocycles. The minimum Gasteiger partial charge on any atom is -0.311 e. The van der Waals surface area contributed by atoms with Gasteiger partial charge >= 0.3 is 0 Å². The Morgan fingerprint density at radius 3 is 1.89 bits per heavy atom. The van der Waals surface area contributed by atoms with Crippen molar-refractivity contribution in [2.24, 2.45) is 5.73 Å². The maximum absolute atomic E-state index is 6.56. The first kappa shape index (κ1) is 15.8. The third kappa shape index (κ3) is 5.15. The molecule has 0 aliphatic heterocycles. The van der Waals surface area contributed by atoms with Crippen molar-refractivity contribution in [1.82, 2.24) is 32.6 Å². The Morgan fingerprint density at radius 2 is 1.39 bits per heavy atom. The van der Waals surface area contributed by atoms with E-state index in [0.717, 1.165) is 12.8 Å². The van der Waals surface area contributed by atoms with Gasteiger partial charge in [0.1, 0.15) is 5.66 Å². The molecule has 0 aromatic carbocycles. The van der Waals surface area contributed by atoms with Crippen molar-refractivity contribution in [3.63, 3.8) is 0 Å². The Kier molecular flexibility index (Phi) is 7.68. The van der Waals surface area contributed by atoms with E-state index in [0.29, 0.717) is 0 Å². The maximum atomic E-state index is 6.56. The van der Waals surface area contributed by atoms with Crippen LogP contribution >= 0.6 is 0 Å². The van der Waals surface area contributed by atoms with Gasteiger partial charge in [0.2, 0.25) is 0 Å². The van der Waals surface area contributed by atoms with E-state index in [9.17, 15) is 0 Å². The second-order valence-corrected chi connectivity index (χ2v) is 4.91. The summed E-state index contributed by atoms with van der Waals surface area (Å²) in [6, 6.07) is 0. The van der Waals surface area contributed by atoms with Crippen LogP contribution in [-0.4, -0.2) is 24.9 Å². The van der Waals surface area contributed by atoms with E-state index in [1.165, 1.54) is 38.5 Å². The van der Waals surface area contributed by atoms with Gasteiger partial charge in [-0.15, -0.1) is 5.12 Å². The molecule has 0 atom stereocenters. The predicted molar refractivity (Wildman–Crippen MR) is 73.2 cm³/mol. The van der Waals surface area contributed by atoms with Gasteiger partial charge < -0.3 is 5.73 Å². The molecule has 1 fully saturated rings. The summed E-state index contributed by atoms with van der Waals surface area (Å²) >= 11 is 0. The lowest BCUT2D eigenvalue weighted by atomic mass is 9.98. The van der Waals surface area contributed by atoms with Gasteiger partial charge in [0, 0.05) is 0 Å². The first-order chi connectivity index (χ1) is 8.73. The van der Waals surface area contributed by atoms with Gasteiger partial charge in [0.05, 0.1) is 0 Å². The fourth-order valence-corrected chi connectivity index (χ4v) is 2.39. The molecule has 1 aliphatic rings. The standard InChI is InChI=1S/C11H29N7/c1-13-15-17-18(16-14-2)11(12)9-7-5-3-4-6-8-10-11/h13-17H,3-10,12H2,1-2H3. The van der Waals surface area contributed by atoms with Gasteiger partial charge in [0.25, 0.3) is 0 Å². The van der Waals surface area contributed by atoms with Crippen molar-refractivity contribution in [2.75, 3.05) is 14.1 Å². The lowest BCUT2D eigenvalue weighted by molar-refractivity contribution is -0.0619. The summed E-state index contributed by atoms with van der Waals surface area (Å²) in [5, 5.41) is 1.81. The average molecular weight is 259 g/mol. The van der Waals surface area contributed by atoms with Gasteiger partial charge in [-0.2, -0.15) is 16.6 Å². The number of nitrogens with one attached hydrogen (secondary N) is 5. The lowest BCUT2D eigenvalue weighted by Gasteiger charge is -2.40. The van der Waals surface area contributed by atoms with Gasteiger partial charge in [-0.05, 0) is 26.9 Å². The van der Waals surface area contributed by atoms with Crippen LogP contribution in [0.3, 0.4) is 0 Å². The SMILES string of the molecule is CNNNN(NNC)C1(N)CCCCCCCC1. The van der Waals surface area contributed by atoms with E-state index in [1.807, 2.05) is 12.2 Å². The van der Waals surface area contributed by atoms with E-state index in [4.69, 9.17) is 5.73 Å². The van der Waals surface area contributed by atoms with E-state index < -0.39 is 5.66 Å². The maximum Gasteiger partial charge on any atom is 0.100 e. The van der Waals surface area contributed by atoms with Crippen molar-refractivity contribution >= 4 is 0 Å². The summed E-state index contributed by atoms with van der Waals surface area (Å²) in [6.07, 6.45) is 9.48. The monoisotopic (exact) mass is 259 g/mol. The first-order valence-corrected chi connectivity index (χ1v) is 6.92. The number of nitrogens with two attached hydrogens (primary N) is 1.